The predicted octanol–water partition coefficient (Wildman–Crippen LogP) is 2.91. The number of nitro benzene ring substituents is 1. The van der Waals surface area contributed by atoms with Crippen molar-refractivity contribution in [2.45, 2.75) is 25.3 Å². The van der Waals surface area contributed by atoms with Crippen LogP contribution in [0, 0.1) is 10.1 Å². The molecule has 0 bridgehead atoms. The van der Waals surface area contributed by atoms with Crippen LogP contribution in [0.25, 0.3) is 0 Å². The van der Waals surface area contributed by atoms with Crippen molar-refractivity contribution in [3.05, 3.63) is 32.8 Å². The van der Waals surface area contributed by atoms with Gasteiger partial charge >= 0.3 is 0 Å². The van der Waals surface area contributed by atoms with Crippen LogP contribution in [-0.4, -0.2) is 23.6 Å². The molecule has 0 spiro atoms. The van der Waals surface area contributed by atoms with Crippen molar-refractivity contribution in [2.75, 3.05) is 18.4 Å². The standard InChI is InChI=1S/C12H16BrN3O2/c1-12(4-6-14-7-5-12)15-11-3-2-9(16(17)18)8-10(11)13/h2-3,8,14-15H,4-7H2,1H3. The Balaban J connectivity index is 2.16. The van der Waals surface area contributed by atoms with Gasteiger partial charge in [0, 0.05) is 27.8 Å². The summed E-state index contributed by atoms with van der Waals surface area (Å²) in [6, 6.07) is 4.82. The van der Waals surface area contributed by atoms with Crippen LogP contribution in [0.15, 0.2) is 22.7 Å². The van der Waals surface area contributed by atoms with E-state index in [0.717, 1.165) is 36.1 Å². The van der Waals surface area contributed by atoms with Crippen LogP contribution < -0.4 is 10.6 Å². The van der Waals surface area contributed by atoms with Crippen LogP contribution in [-0.2, 0) is 0 Å². The molecule has 1 heterocycles. The molecule has 5 nitrogen and oxygen atoms in total. The van der Waals surface area contributed by atoms with Crippen LogP contribution in [0.3, 0.4) is 0 Å². The fourth-order valence-electron chi connectivity index (χ4n) is 2.15. The third-order valence-corrected chi connectivity index (χ3v) is 3.96. The monoisotopic (exact) mass is 313 g/mol. The molecule has 1 saturated heterocycles. The summed E-state index contributed by atoms with van der Waals surface area (Å²) in [5, 5.41) is 17.5. The van der Waals surface area contributed by atoms with Gasteiger partial charge in [0.05, 0.1) is 4.92 Å². The summed E-state index contributed by atoms with van der Waals surface area (Å²) in [7, 11) is 0. The zero-order chi connectivity index (χ0) is 13.2. The molecule has 0 radical (unpaired) electrons. The van der Waals surface area contributed by atoms with Crippen molar-refractivity contribution < 1.29 is 4.92 Å². The van der Waals surface area contributed by atoms with Gasteiger partial charge in [0.2, 0.25) is 0 Å². The Bertz CT molecular complexity index is 459. The molecule has 18 heavy (non-hydrogen) atoms. The quantitative estimate of drug-likeness (QED) is 0.665. The largest absolute Gasteiger partial charge is 0.379 e. The number of nitrogens with one attached hydrogen (secondary N) is 2. The summed E-state index contributed by atoms with van der Waals surface area (Å²) in [4.78, 5) is 10.3. The van der Waals surface area contributed by atoms with Gasteiger partial charge in [-0.15, -0.1) is 0 Å². The highest BCUT2D eigenvalue weighted by atomic mass is 79.9. The fraction of sp³-hybridized carbons (Fsp3) is 0.500. The zero-order valence-electron chi connectivity index (χ0n) is 10.2. The van der Waals surface area contributed by atoms with E-state index in [1.165, 1.54) is 12.1 Å². The highest BCUT2D eigenvalue weighted by Gasteiger charge is 2.27. The topological polar surface area (TPSA) is 67.2 Å². The summed E-state index contributed by atoms with van der Waals surface area (Å²) in [6.07, 6.45) is 2.08. The molecule has 98 valence electrons. The average Bonchev–Trinajstić information content (AvgIpc) is 2.32. The molecule has 1 aliphatic heterocycles. The van der Waals surface area contributed by atoms with E-state index in [-0.39, 0.29) is 16.1 Å². The number of nitro groups is 1. The molecule has 1 fully saturated rings. The van der Waals surface area contributed by atoms with Crippen LogP contribution >= 0.6 is 15.9 Å². The SMILES string of the molecule is CC1(Nc2ccc([N+](=O)[O-])cc2Br)CCNCC1. The van der Waals surface area contributed by atoms with E-state index in [1.54, 1.807) is 6.07 Å². The molecule has 0 amide bonds. The lowest BCUT2D eigenvalue weighted by Gasteiger charge is -2.36. The van der Waals surface area contributed by atoms with E-state index in [1.807, 2.05) is 0 Å². The maximum absolute atomic E-state index is 10.7. The first-order valence-electron chi connectivity index (χ1n) is 5.93. The zero-order valence-corrected chi connectivity index (χ0v) is 11.8. The van der Waals surface area contributed by atoms with Crippen molar-refractivity contribution in [3.63, 3.8) is 0 Å². The molecule has 2 N–H and O–H groups in total. The van der Waals surface area contributed by atoms with E-state index in [4.69, 9.17) is 0 Å². The molecule has 0 unspecified atom stereocenters. The van der Waals surface area contributed by atoms with Crippen molar-refractivity contribution in [3.8, 4) is 0 Å². The van der Waals surface area contributed by atoms with Crippen LogP contribution in [0.5, 0.6) is 0 Å². The molecule has 1 aromatic carbocycles. The van der Waals surface area contributed by atoms with Crippen LogP contribution in [0.4, 0.5) is 11.4 Å². The van der Waals surface area contributed by atoms with Crippen molar-refractivity contribution >= 4 is 27.3 Å². The van der Waals surface area contributed by atoms with Crippen molar-refractivity contribution in [2.24, 2.45) is 0 Å². The second-order valence-corrected chi connectivity index (χ2v) is 5.71. The highest BCUT2D eigenvalue weighted by Crippen LogP contribution is 2.31. The smallest absolute Gasteiger partial charge is 0.270 e. The summed E-state index contributed by atoms with van der Waals surface area (Å²) >= 11 is 3.38. The van der Waals surface area contributed by atoms with Crippen molar-refractivity contribution in [1.29, 1.82) is 0 Å². The second-order valence-electron chi connectivity index (χ2n) is 4.86. The van der Waals surface area contributed by atoms with Gasteiger partial charge in [-0.2, -0.15) is 0 Å². The summed E-state index contributed by atoms with van der Waals surface area (Å²) < 4.78 is 0.733. The number of halogens is 1. The number of benzene rings is 1. The Morgan fingerprint density at radius 3 is 2.67 bits per heavy atom. The highest BCUT2D eigenvalue weighted by molar-refractivity contribution is 9.10. The Morgan fingerprint density at radius 2 is 2.11 bits per heavy atom. The molecule has 6 heteroatoms. The first-order chi connectivity index (χ1) is 8.50. The number of hydrogen-bond donors (Lipinski definition) is 2. The van der Waals surface area contributed by atoms with Gasteiger partial charge in [-0.05, 0) is 54.9 Å². The number of anilines is 1. The Morgan fingerprint density at radius 1 is 1.44 bits per heavy atom. The molecule has 0 aromatic heterocycles. The second kappa shape index (κ2) is 5.24. The van der Waals surface area contributed by atoms with Gasteiger partial charge < -0.3 is 10.6 Å². The number of non-ortho nitro benzene ring substituents is 1. The van der Waals surface area contributed by atoms with Crippen LogP contribution in [0.1, 0.15) is 19.8 Å². The molecule has 0 saturated carbocycles. The predicted molar refractivity (Wildman–Crippen MR) is 74.9 cm³/mol. The van der Waals surface area contributed by atoms with Gasteiger partial charge in [-0.3, -0.25) is 10.1 Å². The minimum atomic E-state index is -0.388. The summed E-state index contributed by atoms with van der Waals surface area (Å²) in [5.74, 6) is 0. The summed E-state index contributed by atoms with van der Waals surface area (Å²) in [6.45, 7) is 4.17. The number of rotatable bonds is 3. The lowest BCUT2D eigenvalue weighted by Crippen LogP contribution is -2.45. The van der Waals surface area contributed by atoms with E-state index >= 15 is 0 Å². The molecule has 0 atom stereocenters. The van der Waals surface area contributed by atoms with E-state index < -0.39 is 0 Å². The van der Waals surface area contributed by atoms with E-state index in [2.05, 4.69) is 33.5 Å². The van der Waals surface area contributed by atoms with E-state index in [9.17, 15) is 10.1 Å². The van der Waals surface area contributed by atoms with Gasteiger partial charge in [-0.25, -0.2) is 0 Å². The lowest BCUT2D eigenvalue weighted by atomic mass is 9.90. The lowest BCUT2D eigenvalue weighted by molar-refractivity contribution is -0.384. The molecule has 0 aliphatic carbocycles. The molecule has 1 aliphatic rings. The van der Waals surface area contributed by atoms with Crippen molar-refractivity contribution in [1.82, 2.24) is 5.32 Å². The number of piperidine rings is 1. The number of nitrogens with zero attached hydrogens (tertiary/aromatic N) is 1. The molecule has 1 aromatic rings. The molecular weight excluding hydrogens is 298 g/mol. The van der Waals surface area contributed by atoms with Gasteiger partial charge in [0.25, 0.3) is 5.69 Å². The van der Waals surface area contributed by atoms with Gasteiger partial charge in [0.1, 0.15) is 0 Å². The average molecular weight is 314 g/mol. The van der Waals surface area contributed by atoms with Crippen LogP contribution in [0.2, 0.25) is 0 Å². The third kappa shape index (κ3) is 3.00. The first-order valence-corrected chi connectivity index (χ1v) is 6.72. The third-order valence-electron chi connectivity index (χ3n) is 3.31. The maximum Gasteiger partial charge on any atom is 0.270 e. The molecule has 2 rings (SSSR count). The fourth-order valence-corrected chi connectivity index (χ4v) is 2.61. The number of hydrogen-bond acceptors (Lipinski definition) is 4. The van der Waals surface area contributed by atoms with E-state index in [0.29, 0.717) is 0 Å². The Kier molecular flexibility index (Phi) is 3.87. The van der Waals surface area contributed by atoms with Gasteiger partial charge in [-0.1, -0.05) is 0 Å². The summed E-state index contributed by atoms with van der Waals surface area (Å²) in [5.41, 5.74) is 1.05. The molecular formula is C12H16BrN3O2. The maximum atomic E-state index is 10.7. The van der Waals surface area contributed by atoms with Gasteiger partial charge in [0.15, 0.2) is 0 Å². The normalized spacial score (nSPS) is 18.3. The Hall–Kier alpha value is -1.14. The first kappa shape index (κ1) is 13.3. The minimum absolute atomic E-state index is 0.0455. The minimum Gasteiger partial charge on any atom is -0.379 e. The Labute approximate surface area is 114 Å².